The summed E-state index contributed by atoms with van der Waals surface area (Å²) in [4.78, 5) is 11.7. The van der Waals surface area contributed by atoms with E-state index in [-0.39, 0.29) is 5.75 Å². The van der Waals surface area contributed by atoms with Gasteiger partial charge in [0.25, 0.3) is 0 Å². The third-order valence-electron chi connectivity index (χ3n) is 5.22. The van der Waals surface area contributed by atoms with E-state index in [9.17, 15) is 9.90 Å². The number of hydrogen-bond acceptors (Lipinski definition) is 4. The van der Waals surface area contributed by atoms with Crippen molar-refractivity contribution in [3.63, 3.8) is 0 Å². The van der Waals surface area contributed by atoms with Crippen LogP contribution in [0.2, 0.25) is 0 Å². The fourth-order valence-corrected chi connectivity index (χ4v) is 3.99. The van der Waals surface area contributed by atoms with Crippen molar-refractivity contribution >= 4 is 38.9 Å². The fraction of sp³-hybridized carbons (Fsp3) is 0.148. The molecule has 32 heavy (non-hydrogen) atoms. The molecule has 5 rings (SSSR count). The van der Waals surface area contributed by atoms with Crippen LogP contribution < -0.4 is 11.3 Å². The highest BCUT2D eigenvalue weighted by Crippen LogP contribution is 2.41. The molecular weight excluding hydrogens is 398 g/mol. The average molecular weight is 428 g/mol. The zero-order chi connectivity index (χ0) is 23.1. The van der Waals surface area contributed by atoms with Gasteiger partial charge in [-0.15, -0.1) is 0 Å². The molecule has 4 aromatic carbocycles. The first-order chi connectivity index (χ1) is 15.7. The molecular formula is C27H29N3O2. The first-order valence-corrected chi connectivity index (χ1v) is 10.7. The topological polar surface area (TPSA) is 80.3 Å². The fourth-order valence-electron chi connectivity index (χ4n) is 3.99. The van der Waals surface area contributed by atoms with Gasteiger partial charge in [-0.3, -0.25) is 16.1 Å². The van der Waals surface area contributed by atoms with Gasteiger partial charge in [0, 0.05) is 22.9 Å². The van der Waals surface area contributed by atoms with E-state index in [4.69, 9.17) is 0 Å². The highest BCUT2D eigenvalue weighted by Gasteiger charge is 2.18. The lowest BCUT2D eigenvalue weighted by Crippen LogP contribution is -2.13. The van der Waals surface area contributed by atoms with E-state index < -0.39 is 0 Å². The van der Waals surface area contributed by atoms with Gasteiger partial charge in [-0.25, -0.2) is 0 Å². The van der Waals surface area contributed by atoms with Gasteiger partial charge in [-0.1, -0.05) is 80.6 Å². The van der Waals surface area contributed by atoms with Gasteiger partial charge in [0.05, 0.1) is 16.4 Å². The van der Waals surface area contributed by atoms with Crippen LogP contribution >= 0.6 is 0 Å². The van der Waals surface area contributed by atoms with Crippen LogP contribution in [-0.2, 0) is 6.54 Å². The smallest absolute Gasteiger partial charge is 0.150 e. The summed E-state index contributed by atoms with van der Waals surface area (Å²) < 4.78 is 2.18. The van der Waals surface area contributed by atoms with E-state index in [1.165, 1.54) is 5.56 Å². The Morgan fingerprint density at radius 2 is 1.56 bits per heavy atom. The van der Waals surface area contributed by atoms with Crippen LogP contribution in [0.1, 0.15) is 29.8 Å². The number of hydrogen-bond donors (Lipinski definition) is 3. The van der Waals surface area contributed by atoms with Gasteiger partial charge in [-0.2, -0.15) is 0 Å². The van der Waals surface area contributed by atoms with Crippen LogP contribution in [0.3, 0.4) is 0 Å². The first kappa shape index (κ1) is 23.0. The number of carbonyl (C=O) groups is 1. The Morgan fingerprint density at radius 1 is 0.906 bits per heavy atom. The van der Waals surface area contributed by atoms with E-state index in [0.29, 0.717) is 12.1 Å². The number of phenols is 1. The molecule has 0 saturated heterocycles. The number of aromatic nitrogens is 1. The maximum absolute atomic E-state index is 11.7. The van der Waals surface area contributed by atoms with Crippen molar-refractivity contribution in [2.24, 2.45) is 5.84 Å². The van der Waals surface area contributed by atoms with Gasteiger partial charge >= 0.3 is 0 Å². The summed E-state index contributed by atoms with van der Waals surface area (Å²) in [5.74, 6) is 4.83. The molecule has 5 heteroatoms. The number of hydrazine groups is 1. The third kappa shape index (κ3) is 4.21. The minimum absolute atomic E-state index is 0.231. The second kappa shape index (κ2) is 10.6. The van der Waals surface area contributed by atoms with Gasteiger partial charge in [0.1, 0.15) is 5.75 Å². The number of nitrogens with zero attached hydrogens (tertiary/aromatic N) is 1. The van der Waals surface area contributed by atoms with E-state index >= 15 is 0 Å². The second-order valence-electron chi connectivity index (χ2n) is 7.06. The summed E-state index contributed by atoms with van der Waals surface area (Å²) in [5, 5.41) is 14.4. The Labute approximate surface area is 188 Å². The molecule has 0 aliphatic carbocycles. The number of aldehydes is 1. The maximum Gasteiger partial charge on any atom is 0.150 e. The van der Waals surface area contributed by atoms with Crippen molar-refractivity contribution in [1.29, 1.82) is 0 Å². The van der Waals surface area contributed by atoms with Crippen molar-refractivity contribution in [2.45, 2.75) is 20.4 Å². The number of nitrogens with one attached hydrogen (secondary N) is 1. The highest BCUT2D eigenvalue weighted by molar-refractivity contribution is 6.21. The molecule has 0 fully saturated rings. The molecule has 1 aromatic heterocycles. The third-order valence-corrected chi connectivity index (χ3v) is 5.22. The van der Waals surface area contributed by atoms with Crippen molar-refractivity contribution in [3.05, 3.63) is 90.0 Å². The van der Waals surface area contributed by atoms with E-state index in [1.54, 1.807) is 13.1 Å². The second-order valence-corrected chi connectivity index (χ2v) is 7.06. The van der Waals surface area contributed by atoms with Crippen LogP contribution in [0.15, 0.2) is 78.9 Å². The number of fused-ring (bicyclic) bond motifs is 4. The molecule has 1 heterocycles. The molecule has 0 unspecified atom stereocenters. The minimum atomic E-state index is 0.231. The largest absolute Gasteiger partial charge is 0.507 e. The molecule has 5 nitrogen and oxygen atoms in total. The van der Waals surface area contributed by atoms with E-state index in [1.807, 2.05) is 68.4 Å². The molecule has 0 spiro atoms. The molecule has 0 bridgehead atoms. The standard InChI is InChI=1S/C24H17NO2.C2H6.CH6N2/c26-15-18-10-6-12-20-22(18)23-21(25(20)14-16-7-2-1-3-8-16)13-17-9-4-5-11-19(17)24(23)27;1-2;1-3-2/h1-13,15,27H,14H2;1-2H3;3H,2H2,1H3. The van der Waals surface area contributed by atoms with Crippen LogP contribution in [-0.4, -0.2) is 23.0 Å². The Bertz CT molecular complexity index is 1340. The van der Waals surface area contributed by atoms with Crippen LogP contribution in [0.5, 0.6) is 5.75 Å². The average Bonchev–Trinajstić information content (AvgIpc) is 3.15. The summed E-state index contributed by atoms with van der Waals surface area (Å²) in [7, 11) is 1.65. The number of benzene rings is 4. The lowest BCUT2D eigenvalue weighted by molar-refractivity contribution is 0.112. The normalized spacial score (nSPS) is 10.4. The van der Waals surface area contributed by atoms with Crippen LogP contribution in [0.25, 0.3) is 32.6 Å². The number of nitrogens with two attached hydrogens (primary N) is 1. The maximum atomic E-state index is 11.7. The number of phenolic OH excluding ortho intramolecular Hbond substituents is 1. The van der Waals surface area contributed by atoms with Gasteiger partial charge < -0.3 is 9.67 Å². The molecule has 0 saturated carbocycles. The van der Waals surface area contributed by atoms with E-state index in [0.717, 1.165) is 38.9 Å². The van der Waals surface area contributed by atoms with Crippen molar-refractivity contribution < 1.29 is 9.90 Å². The SMILES string of the molecule is CC.CNN.O=Cc1cccc2c1c1c(O)c3ccccc3cc1n2Cc1ccccc1. The monoisotopic (exact) mass is 427 g/mol. The van der Waals surface area contributed by atoms with Gasteiger partial charge in [-0.05, 0) is 30.1 Å². The number of aromatic hydroxyl groups is 1. The summed E-state index contributed by atoms with van der Waals surface area (Å²) in [6, 6.07) is 25.8. The number of carbonyl (C=O) groups excluding carboxylic acids is 1. The lowest BCUT2D eigenvalue weighted by Gasteiger charge is -2.09. The Balaban J connectivity index is 0.000000536. The minimum Gasteiger partial charge on any atom is -0.507 e. The summed E-state index contributed by atoms with van der Waals surface area (Å²) in [6.07, 6.45) is 0.864. The molecule has 5 aromatic rings. The summed E-state index contributed by atoms with van der Waals surface area (Å²) >= 11 is 0. The molecule has 4 N–H and O–H groups in total. The molecule has 0 aliphatic rings. The van der Waals surface area contributed by atoms with Crippen LogP contribution in [0.4, 0.5) is 0 Å². The molecule has 164 valence electrons. The van der Waals surface area contributed by atoms with Gasteiger partial charge in [0.15, 0.2) is 6.29 Å². The number of rotatable bonds is 3. The van der Waals surface area contributed by atoms with E-state index in [2.05, 4.69) is 34.0 Å². The van der Waals surface area contributed by atoms with Crippen molar-refractivity contribution in [2.75, 3.05) is 7.05 Å². The summed E-state index contributed by atoms with van der Waals surface area (Å²) in [6.45, 7) is 4.67. The molecule has 0 atom stereocenters. The van der Waals surface area contributed by atoms with Gasteiger partial charge in [0.2, 0.25) is 0 Å². The van der Waals surface area contributed by atoms with Crippen LogP contribution in [0, 0.1) is 0 Å². The van der Waals surface area contributed by atoms with Crippen molar-refractivity contribution in [1.82, 2.24) is 9.99 Å². The van der Waals surface area contributed by atoms with Crippen molar-refractivity contribution in [3.8, 4) is 5.75 Å². The highest BCUT2D eigenvalue weighted by atomic mass is 16.3. The molecule has 0 amide bonds. The predicted octanol–water partition coefficient (Wildman–Crippen LogP) is 5.62. The Hall–Kier alpha value is -3.67. The summed E-state index contributed by atoms with van der Waals surface area (Å²) in [5.41, 5.74) is 5.89. The quantitative estimate of drug-likeness (QED) is 0.198. The first-order valence-electron chi connectivity index (χ1n) is 10.7. The molecule has 0 radical (unpaired) electrons. The predicted molar refractivity (Wildman–Crippen MR) is 134 cm³/mol. The zero-order valence-electron chi connectivity index (χ0n) is 18.7. The Morgan fingerprint density at radius 3 is 2.25 bits per heavy atom. The molecule has 0 aliphatic heterocycles. The zero-order valence-corrected chi connectivity index (χ0v) is 18.7. The Kier molecular flexibility index (Phi) is 7.60. The lowest BCUT2D eigenvalue weighted by atomic mass is 10.0.